The molecule has 1 saturated heterocycles. The molecule has 1 unspecified atom stereocenters. The van der Waals surface area contributed by atoms with Crippen molar-refractivity contribution in [2.45, 2.75) is 31.1 Å². The highest BCUT2D eigenvalue weighted by Crippen LogP contribution is 2.23. The lowest BCUT2D eigenvalue weighted by Gasteiger charge is -2.30. The summed E-state index contributed by atoms with van der Waals surface area (Å²) in [6, 6.07) is 6.23. The highest BCUT2D eigenvalue weighted by Gasteiger charge is 2.28. The predicted octanol–water partition coefficient (Wildman–Crippen LogP) is 1.79. The van der Waals surface area contributed by atoms with E-state index in [1.807, 2.05) is 14.1 Å². The Labute approximate surface area is 151 Å². The molecule has 2 rings (SSSR count). The average Bonchev–Trinajstić information content (AvgIpc) is 2.58. The van der Waals surface area contributed by atoms with E-state index in [9.17, 15) is 13.2 Å². The molecule has 25 heavy (non-hydrogen) atoms. The van der Waals surface area contributed by atoms with Crippen LogP contribution in [0.5, 0.6) is 0 Å². The van der Waals surface area contributed by atoms with Crippen LogP contribution in [-0.4, -0.2) is 63.8 Å². The molecule has 0 saturated carbocycles. The van der Waals surface area contributed by atoms with Gasteiger partial charge in [0.05, 0.1) is 4.90 Å². The van der Waals surface area contributed by atoms with Crippen LogP contribution >= 0.6 is 0 Å². The van der Waals surface area contributed by atoms with Gasteiger partial charge in [0, 0.05) is 25.2 Å². The van der Waals surface area contributed by atoms with Crippen molar-refractivity contribution < 1.29 is 13.2 Å². The summed E-state index contributed by atoms with van der Waals surface area (Å²) in [4.78, 5) is 14.4. The predicted molar refractivity (Wildman–Crippen MR) is 99.1 cm³/mol. The first-order valence-electron chi connectivity index (χ1n) is 8.84. The Morgan fingerprint density at radius 2 is 1.96 bits per heavy atom. The van der Waals surface area contributed by atoms with E-state index in [4.69, 9.17) is 0 Å². The topological polar surface area (TPSA) is 69.7 Å². The molecular formula is C18H29N3O3S. The number of amides is 1. The number of nitrogens with zero attached hydrogens (tertiary/aromatic N) is 2. The van der Waals surface area contributed by atoms with Crippen LogP contribution < -0.4 is 5.32 Å². The maximum atomic E-state index is 12.7. The minimum atomic E-state index is -3.47. The first-order valence-corrected chi connectivity index (χ1v) is 10.3. The van der Waals surface area contributed by atoms with Gasteiger partial charge >= 0.3 is 0 Å². The number of carbonyl (C=O) groups is 1. The van der Waals surface area contributed by atoms with Crippen molar-refractivity contribution in [3.63, 3.8) is 0 Å². The normalized spacial score (nSPS) is 19.1. The molecule has 1 fully saturated rings. The third-order valence-corrected chi connectivity index (χ3v) is 6.32. The first kappa shape index (κ1) is 19.9. The smallest absolute Gasteiger partial charge is 0.251 e. The molecule has 0 aromatic heterocycles. The van der Waals surface area contributed by atoms with Gasteiger partial charge in [-0.3, -0.25) is 4.79 Å². The second-order valence-electron chi connectivity index (χ2n) is 7.05. The maximum Gasteiger partial charge on any atom is 0.251 e. The van der Waals surface area contributed by atoms with Crippen molar-refractivity contribution in [3.05, 3.63) is 29.8 Å². The van der Waals surface area contributed by atoms with E-state index < -0.39 is 10.0 Å². The average molecular weight is 368 g/mol. The summed E-state index contributed by atoms with van der Waals surface area (Å²) in [7, 11) is 0.509. The van der Waals surface area contributed by atoms with Gasteiger partial charge in [-0.1, -0.05) is 6.92 Å². The molecule has 1 aliphatic rings. The van der Waals surface area contributed by atoms with Gasteiger partial charge in [0.25, 0.3) is 5.91 Å². The van der Waals surface area contributed by atoms with Crippen molar-refractivity contribution in [2.75, 3.05) is 40.3 Å². The molecule has 0 spiro atoms. The SMILES string of the molecule is CC1CCCN(S(=O)(=O)c2ccc(C(=O)NCCCN(C)C)cc2)C1. The number of sulfonamides is 1. The number of rotatable bonds is 7. The van der Waals surface area contributed by atoms with Gasteiger partial charge in [0.15, 0.2) is 0 Å². The fourth-order valence-electron chi connectivity index (χ4n) is 2.99. The molecule has 1 aromatic carbocycles. The van der Waals surface area contributed by atoms with Crippen LogP contribution in [-0.2, 0) is 10.0 Å². The Kier molecular flexibility index (Phi) is 6.98. The number of hydrogen-bond acceptors (Lipinski definition) is 4. The van der Waals surface area contributed by atoms with E-state index in [0.29, 0.717) is 31.1 Å². The Morgan fingerprint density at radius 3 is 2.56 bits per heavy atom. The van der Waals surface area contributed by atoms with Gasteiger partial charge < -0.3 is 10.2 Å². The first-order chi connectivity index (χ1) is 11.8. The monoisotopic (exact) mass is 367 g/mol. The summed E-state index contributed by atoms with van der Waals surface area (Å²) in [5, 5.41) is 2.86. The van der Waals surface area contributed by atoms with Gasteiger partial charge in [-0.05, 0) is 70.1 Å². The molecule has 0 aliphatic carbocycles. The van der Waals surface area contributed by atoms with Crippen molar-refractivity contribution in [2.24, 2.45) is 5.92 Å². The molecule has 6 nitrogen and oxygen atoms in total. The zero-order chi connectivity index (χ0) is 18.4. The summed E-state index contributed by atoms with van der Waals surface area (Å²) >= 11 is 0. The van der Waals surface area contributed by atoms with Crippen molar-refractivity contribution in [1.82, 2.24) is 14.5 Å². The van der Waals surface area contributed by atoms with E-state index in [2.05, 4.69) is 17.1 Å². The third-order valence-electron chi connectivity index (χ3n) is 4.44. The van der Waals surface area contributed by atoms with E-state index in [0.717, 1.165) is 25.8 Å². The molecule has 7 heteroatoms. The fourth-order valence-corrected chi connectivity index (χ4v) is 4.59. The Bertz CT molecular complexity index is 671. The molecule has 140 valence electrons. The summed E-state index contributed by atoms with van der Waals surface area (Å²) in [6.07, 6.45) is 2.84. The molecule has 1 amide bonds. The zero-order valence-electron chi connectivity index (χ0n) is 15.4. The summed E-state index contributed by atoms with van der Waals surface area (Å²) in [5.74, 6) is 0.213. The molecule has 1 aliphatic heterocycles. The number of nitrogens with one attached hydrogen (secondary N) is 1. The number of hydrogen-bond donors (Lipinski definition) is 1. The Hall–Kier alpha value is -1.44. The number of carbonyl (C=O) groups excluding carboxylic acids is 1. The van der Waals surface area contributed by atoms with Crippen LogP contribution in [0.2, 0.25) is 0 Å². The Balaban J connectivity index is 1.97. The van der Waals surface area contributed by atoms with Gasteiger partial charge in [-0.2, -0.15) is 4.31 Å². The third kappa shape index (κ3) is 5.52. The molecule has 0 radical (unpaired) electrons. The fraction of sp³-hybridized carbons (Fsp3) is 0.611. The van der Waals surface area contributed by atoms with Crippen LogP contribution in [0.3, 0.4) is 0 Å². The molecular weight excluding hydrogens is 338 g/mol. The van der Waals surface area contributed by atoms with Crippen LogP contribution in [0.25, 0.3) is 0 Å². The minimum Gasteiger partial charge on any atom is -0.352 e. The number of benzene rings is 1. The summed E-state index contributed by atoms with van der Waals surface area (Å²) < 4.78 is 27.0. The molecule has 0 bridgehead atoms. The maximum absolute atomic E-state index is 12.7. The lowest BCUT2D eigenvalue weighted by molar-refractivity contribution is 0.0952. The summed E-state index contributed by atoms with van der Waals surface area (Å²) in [6.45, 7) is 4.72. The summed E-state index contributed by atoms with van der Waals surface area (Å²) in [5.41, 5.74) is 0.482. The molecule has 1 heterocycles. The second kappa shape index (κ2) is 8.78. The van der Waals surface area contributed by atoms with E-state index in [-0.39, 0.29) is 10.8 Å². The van der Waals surface area contributed by atoms with Crippen LogP contribution in [0, 0.1) is 5.92 Å². The van der Waals surface area contributed by atoms with Crippen molar-refractivity contribution in [3.8, 4) is 0 Å². The highest BCUT2D eigenvalue weighted by molar-refractivity contribution is 7.89. The van der Waals surface area contributed by atoms with E-state index >= 15 is 0 Å². The second-order valence-corrected chi connectivity index (χ2v) is 8.99. The molecule has 1 aromatic rings. The van der Waals surface area contributed by atoms with Gasteiger partial charge in [-0.15, -0.1) is 0 Å². The van der Waals surface area contributed by atoms with Crippen molar-refractivity contribution in [1.29, 1.82) is 0 Å². The lowest BCUT2D eigenvalue weighted by Crippen LogP contribution is -2.39. The van der Waals surface area contributed by atoms with Crippen LogP contribution in [0.1, 0.15) is 36.5 Å². The number of piperidine rings is 1. The molecule has 1 N–H and O–H groups in total. The quantitative estimate of drug-likeness (QED) is 0.746. The van der Waals surface area contributed by atoms with E-state index in [1.54, 1.807) is 16.4 Å². The largest absolute Gasteiger partial charge is 0.352 e. The van der Waals surface area contributed by atoms with Crippen LogP contribution in [0.15, 0.2) is 29.2 Å². The zero-order valence-corrected chi connectivity index (χ0v) is 16.2. The van der Waals surface area contributed by atoms with Gasteiger partial charge in [-0.25, -0.2) is 8.42 Å². The standard InChI is InChI=1S/C18H29N3O3S/c1-15-6-4-13-21(14-15)25(23,24)17-9-7-16(8-10-17)18(22)19-11-5-12-20(2)3/h7-10,15H,4-6,11-14H2,1-3H3,(H,19,22). The Morgan fingerprint density at radius 1 is 1.28 bits per heavy atom. The molecule has 1 atom stereocenters. The van der Waals surface area contributed by atoms with Crippen molar-refractivity contribution >= 4 is 15.9 Å². The lowest BCUT2D eigenvalue weighted by atomic mass is 10.0. The minimum absolute atomic E-state index is 0.172. The van der Waals surface area contributed by atoms with E-state index in [1.165, 1.54) is 12.1 Å². The highest BCUT2D eigenvalue weighted by atomic mass is 32.2. The van der Waals surface area contributed by atoms with Gasteiger partial charge in [0.2, 0.25) is 10.0 Å². The van der Waals surface area contributed by atoms with Gasteiger partial charge in [0.1, 0.15) is 0 Å². The van der Waals surface area contributed by atoms with Crippen LogP contribution in [0.4, 0.5) is 0 Å².